The Morgan fingerprint density at radius 2 is 0.618 bits per heavy atom. The Bertz CT molecular complexity index is 4630. The largest absolute Gasteiger partial charge is 0.494 e. The van der Waals surface area contributed by atoms with Gasteiger partial charge in [0.25, 0.3) is 0 Å². The number of fused-ring (bicyclic) bond motifs is 15. The zero-order chi connectivity index (χ0) is 50.9. The quantitative estimate of drug-likeness (QED) is 0.123. The molecule has 0 aliphatic carbocycles. The fourth-order valence-corrected chi connectivity index (χ4v) is 12.3. The Morgan fingerprint density at radius 3 is 1.17 bits per heavy atom. The number of hydrogen-bond acceptors (Lipinski definition) is 3. The molecule has 13 aromatic carbocycles. The van der Waals surface area contributed by atoms with Gasteiger partial charge in [0.15, 0.2) is 0 Å². The summed E-state index contributed by atoms with van der Waals surface area (Å²) in [4.78, 5) is 0. The number of furan rings is 1. The van der Waals surface area contributed by atoms with Crippen LogP contribution in [0.5, 0.6) is 0 Å². The molecule has 0 radical (unpaired) electrons. The van der Waals surface area contributed by atoms with Gasteiger partial charge in [0.05, 0.1) is 11.2 Å². The van der Waals surface area contributed by atoms with Crippen LogP contribution in [0.2, 0.25) is 0 Å². The zero-order valence-corrected chi connectivity index (χ0v) is 42.8. The number of para-hydroxylation sites is 1. The fraction of sp³-hybridized carbons (Fsp3) is 0.0833. The molecular formula is C72H51BO3. The average Bonchev–Trinajstić information content (AvgIpc) is 4.03. The van der Waals surface area contributed by atoms with Crippen LogP contribution in [0.4, 0.5) is 0 Å². The third-order valence-corrected chi connectivity index (χ3v) is 16.8. The van der Waals surface area contributed by atoms with Gasteiger partial charge in [0.1, 0.15) is 11.2 Å². The maximum atomic E-state index is 7.22. The number of benzene rings is 13. The second-order valence-electron chi connectivity index (χ2n) is 21.8. The first kappa shape index (κ1) is 44.7. The second-order valence-corrected chi connectivity index (χ2v) is 21.8. The van der Waals surface area contributed by atoms with Gasteiger partial charge < -0.3 is 13.7 Å². The van der Waals surface area contributed by atoms with Gasteiger partial charge in [0.2, 0.25) is 0 Å². The zero-order valence-electron chi connectivity index (χ0n) is 42.8. The van der Waals surface area contributed by atoms with E-state index in [0.29, 0.717) is 0 Å². The predicted octanol–water partition coefficient (Wildman–Crippen LogP) is 19.1. The van der Waals surface area contributed by atoms with E-state index in [-0.39, 0.29) is 0 Å². The van der Waals surface area contributed by atoms with Gasteiger partial charge in [-0.3, -0.25) is 0 Å². The molecule has 0 N–H and O–H groups in total. The van der Waals surface area contributed by atoms with E-state index < -0.39 is 18.3 Å². The molecule has 1 fully saturated rings. The Balaban J connectivity index is 0.957. The fourth-order valence-electron chi connectivity index (χ4n) is 12.3. The molecule has 2 heterocycles. The highest BCUT2D eigenvalue weighted by atomic mass is 16.7. The molecule has 1 aliphatic rings. The van der Waals surface area contributed by atoms with E-state index in [2.05, 4.69) is 264 Å². The number of rotatable bonds is 6. The highest BCUT2D eigenvalue weighted by molar-refractivity contribution is 6.62. The minimum absolute atomic E-state index is 0.522. The Kier molecular flexibility index (Phi) is 9.91. The molecule has 1 aromatic heterocycles. The van der Waals surface area contributed by atoms with E-state index in [4.69, 9.17) is 13.7 Å². The van der Waals surface area contributed by atoms with Crippen LogP contribution in [0.1, 0.15) is 27.7 Å². The lowest BCUT2D eigenvalue weighted by Gasteiger charge is -2.32. The van der Waals surface area contributed by atoms with Crippen molar-refractivity contribution in [2.24, 2.45) is 0 Å². The van der Waals surface area contributed by atoms with Gasteiger partial charge in [-0.2, -0.15) is 0 Å². The number of hydrogen-bond donors (Lipinski definition) is 0. The minimum atomic E-state index is -0.575. The van der Waals surface area contributed by atoms with Crippen molar-refractivity contribution < 1.29 is 13.7 Å². The van der Waals surface area contributed by atoms with Crippen LogP contribution >= 0.6 is 0 Å². The summed E-state index contributed by atoms with van der Waals surface area (Å²) < 4.78 is 20.9. The van der Waals surface area contributed by atoms with Gasteiger partial charge in [-0.1, -0.05) is 200 Å². The highest BCUT2D eigenvalue weighted by Crippen LogP contribution is 2.46. The van der Waals surface area contributed by atoms with Gasteiger partial charge in [-0.25, -0.2) is 0 Å². The molecular weight excluding hydrogens is 924 g/mol. The van der Waals surface area contributed by atoms with Crippen LogP contribution in [-0.4, -0.2) is 18.3 Å². The van der Waals surface area contributed by atoms with E-state index in [0.717, 1.165) is 83.0 Å². The average molecular weight is 975 g/mol. The van der Waals surface area contributed by atoms with Crippen molar-refractivity contribution in [3.05, 3.63) is 237 Å². The predicted molar refractivity (Wildman–Crippen MR) is 322 cm³/mol. The molecule has 0 atom stereocenters. The van der Waals surface area contributed by atoms with Gasteiger partial charge in [-0.15, -0.1) is 0 Å². The van der Waals surface area contributed by atoms with Gasteiger partial charge in [0, 0.05) is 21.9 Å². The first-order valence-electron chi connectivity index (χ1n) is 26.5. The normalized spacial score (nSPS) is 14.4. The van der Waals surface area contributed by atoms with E-state index >= 15 is 0 Å². The van der Waals surface area contributed by atoms with Crippen LogP contribution in [0.15, 0.2) is 241 Å². The van der Waals surface area contributed by atoms with Crippen LogP contribution in [0.3, 0.4) is 0 Å². The van der Waals surface area contributed by atoms with Crippen molar-refractivity contribution in [1.82, 2.24) is 0 Å². The van der Waals surface area contributed by atoms with E-state index in [1.165, 1.54) is 64.6 Å². The molecule has 76 heavy (non-hydrogen) atoms. The third kappa shape index (κ3) is 6.98. The third-order valence-electron chi connectivity index (χ3n) is 16.8. The maximum Gasteiger partial charge on any atom is 0.494 e. The first-order chi connectivity index (χ1) is 37.1. The van der Waals surface area contributed by atoms with E-state index in [1.54, 1.807) is 0 Å². The van der Waals surface area contributed by atoms with Crippen molar-refractivity contribution in [1.29, 1.82) is 0 Å². The first-order valence-corrected chi connectivity index (χ1v) is 26.5. The topological polar surface area (TPSA) is 31.6 Å². The maximum absolute atomic E-state index is 7.22. The van der Waals surface area contributed by atoms with Crippen molar-refractivity contribution in [3.8, 4) is 55.6 Å². The van der Waals surface area contributed by atoms with Crippen LogP contribution < -0.4 is 5.46 Å². The molecule has 0 bridgehead atoms. The smallest absolute Gasteiger partial charge is 0.455 e. The molecule has 0 unspecified atom stereocenters. The molecule has 14 aromatic rings. The molecule has 0 amide bonds. The van der Waals surface area contributed by atoms with Crippen molar-refractivity contribution in [3.63, 3.8) is 0 Å². The molecule has 360 valence electrons. The molecule has 1 aliphatic heterocycles. The molecule has 15 rings (SSSR count). The lowest BCUT2D eigenvalue weighted by atomic mass is 9.76. The molecule has 1 saturated heterocycles. The Labute approximate surface area is 441 Å². The minimum Gasteiger partial charge on any atom is -0.455 e. The van der Waals surface area contributed by atoms with Crippen LogP contribution in [0, 0.1) is 0 Å². The molecule has 0 spiro atoms. The summed E-state index contributed by atoms with van der Waals surface area (Å²) in [7, 11) is -0.575. The second kappa shape index (κ2) is 16.9. The summed E-state index contributed by atoms with van der Waals surface area (Å²) in [6.07, 6.45) is 0. The van der Waals surface area contributed by atoms with Crippen molar-refractivity contribution in [2.75, 3.05) is 0 Å². The summed E-state index contributed by atoms with van der Waals surface area (Å²) in [5, 5.41) is 17.2. The Hall–Kier alpha value is -8.80. The van der Waals surface area contributed by atoms with Crippen LogP contribution in [-0.2, 0) is 9.31 Å². The summed E-state index contributed by atoms with van der Waals surface area (Å²) in [6.45, 7) is 8.50. The van der Waals surface area contributed by atoms with Gasteiger partial charge >= 0.3 is 7.12 Å². The summed E-state index contributed by atoms with van der Waals surface area (Å²) in [6, 6.07) is 86.7. The molecule has 0 saturated carbocycles. The monoisotopic (exact) mass is 974 g/mol. The lowest BCUT2D eigenvalue weighted by molar-refractivity contribution is 0.00578. The van der Waals surface area contributed by atoms with E-state index in [9.17, 15) is 0 Å². The molecule has 4 heteroatoms. The lowest BCUT2D eigenvalue weighted by Crippen LogP contribution is -2.41. The Morgan fingerprint density at radius 1 is 0.250 bits per heavy atom. The summed E-state index contributed by atoms with van der Waals surface area (Å²) in [5.74, 6) is 0. The SMILES string of the molecule is CC1(C)OB(c2cc(-c3cc(-c4cccc(-c5ccc6c7ccccc7c7ccccc7c6c5)c4)c4oc5c(-c6ccccc6)cccc5c4c3)cc(-c3ccc4c5ccccc5c5ccccc5c4c3)c2)OC1(C)C. The van der Waals surface area contributed by atoms with Crippen LogP contribution in [0.25, 0.3) is 142 Å². The highest BCUT2D eigenvalue weighted by Gasteiger charge is 2.52. The van der Waals surface area contributed by atoms with E-state index in [1.807, 2.05) is 0 Å². The summed E-state index contributed by atoms with van der Waals surface area (Å²) in [5.41, 5.74) is 12.6. The van der Waals surface area contributed by atoms with Gasteiger partial charge in [-0.05, 0) is 179 Å². The van der Waals surface area contributed by atoms with Crippen molar-refractivity contribution >= 4 is 99.2 Å². The standard InChI is InChI=1S/C72H51BO3/c1-71(2)72(3,4)76-73(75-71)52-38-49(47-33-35-63-59-27-11-9-23-55(59)57-25-13-15-29-61(57)67(63)41-47)37-50(39-52)51-42-65(70-68(43-51)64-31-17-30-53(69(64)74-70)44-18-6-5-7-19-44)48-21-16-20-45(36-48)46-32-34-62-58-26-10-8-22-54(58)56-24-12-14-28-60(56)66(62)40-46/h5-43H,1-4H3. The van der Waals surface area contributed by atoms with Crippen molar-refractivity contribution in [2.45, 2.75) is 38.9 Å². The molecule has 3 nitrogen and oxygen atoms in total. The summed E-state index contributed by atoms with van der Waals surface area (Å²) >= 11 is 0.